The van der Waals surface area contributed by atoms with Crippen LogP contribution in [0.25, 0.3) is 4.95 Å². The van der Waals surface area contributed by atoms with E-state index in [0.717, 1.165) is 23.3 Å². The fourth-order valence-electron chi connectivity index (χ4n) is 3.08. The predicted octanol–water partition coefficient (Wildman–Crippen LogP) is 4.22. The van der Waals surface area contributed by atoms with Gasteiger partial charge in [0.15, 0.2) is 0 Å². The van der Waals surface area contributed by atoms with Gasteiger partial charge in [-0.15, -0.1) is 5.01 Å². The van der Waals surface area contributed by atoms with Crippen LogP contribution in [0.15, 0.2) is 36.4 Å². The first kappa shape index (κ1) is 18.7. The van der Waals surface area contributed by atoms with Crippen LogP contribution in [-0.4, -0.2) is 17.5 Å². The van der Waals surface area contributed by atoms with Crippen LogP contribution in [0.2, 0.25) is 0 Å². The van der Waals surface area contributed by atoms with Crippen molar-refractivity contribution in [1.29, 1.82) is 0 Å². The minimum atomic E-state index is -4.77. The highest BCUT2D eigenvalue weighted by atomic mass is 19.4. The molecule has 27 heavy (non-hydrogen) atoms. The maximum Gasteiger partial charge on any atom is 0.419 e. The van der Waals surface area contributed by atoms with E-state index in [9.17, 15) is 22.4 Å². The highest BCUT2D eigenvalue weighted by Crippen LogP contribution is 2.32. The van der Waals surface area contributed by atoms with Gasteiger partial charge < -0.3 is 5.32 Å². The first-order valence-corrected chi connectivity index (χ1v) is 8.16. The largest absolute Gasteiger partial charge is 0.419 e. The number of carbonyl (C=O) groups is 1. The molecule has 140 valence electrons. The monoisotopic (exact) mass is 377 g/mol. The van der Waals surface area contributed by atoms with Gasteiger partial charge in [-0.3, -0.25) is 4.79 Å². The third-order valence-electron chi connectivity index (χ3n) is 4.36. The van der Waals surface area contributed by atoms with Crippen LogP contribution >= 0.6 is 0 Å². The number of nitrogens with one attached hydrogen (secondary N) is 1. The van der Waals surface area contributed by atoms with Crippen molar-refractivity contribution in [1.82, 2.24) is 5.01 Å². The van der Waals surface area contributed by atoms with E-state index in [0.29, 0.717) is 31.3 Å². The molecule has 0 aliphatic carbocycles. The van der Waals surface area contributed by atoms with Crippen molar-refractivity contribution in [3.63, 3.8) is 0 Å². The molecule has 2 aromatic rings. The van der Waals surface area contributed by atoms with Crippen LogP contribution in [0.4, 0.5) is 23.2 Å². The van der Waals surface area contributed by atoms with E-state index < -0.39 is 23.5 Å². The molecule has 0 saturated heterocycles. The van der Waals surface area contributed by atoms with Crippen LogP contribution in [-0.2, 0) is 30.4 Å². The molecule has 0 saturated carbocycles. The summed E-state index contributed by atoms with van der Waals surface area (Å²) in [5.41, 5.74) is 1.28. The molecule has 0 unspecified atom stereocenters. The van der Waals surface area contributed by atoms with E-state index in [4.69, 9.17) is 6.57 Å². The summed E-state index contributed by atoms with van der Waals surface area (Å²) in [5.74, 6) is -1.85. The number of hydrogen-bond donors (Lipinski definition) is 1. The number of halogens is 4. The molecule has 0 radical (unpaired) electrons. The van der Waals surface area contributed by atoms with Gasteiger partial charge in [-0.1, -0.05) is 18.2 Å². The van der Waals surface area contributed by atoms with Gasteiger partial charge >= 0.3 is 6.18 Å². The molecule has 0 atom stereocenters. The second-order valence-electron chi connectivity index (χ2n) is 6.22. The van der Waals surface area contributed by atoms with Crippen LogP contribution < -0.4 is 5.32 Å². The lowest BCUT2D eigenvalue weighted by Gasteiger charge is -2.22. The number of anilines is 1. The minimum absolute atomic E-state index is 0.155. The first-order valence-electron chi connectivity index (χ1n) is 8.16. The first-order chi connectivity index (χ1) is 12.8. The van der Waals surface area contributed by atoms with Crippen molar-refractivity contribution in [3.8, 4) is 0 Å². The summed E-state index contributed by atoms with van der Waals surface area (Å²) in [5, 5.41) is 4.33. The van der Waals surface area contributed by atoms with Gasteiger partial charge in [-0.2, -0.15) is 24.7 Å². The zero-order valence-electron chi connectivity index (χ0n) is 14.1. The quantitative estimate of drug-likeness (QED) is 0.642. The Morgan fingerprint density at radius 2 is 2.04 bits per heavy atom. The van der Waals surface area contributed by atoms with Gasteiger partial charge in [0.2, 0.25) is 5.91 Å². The molecule has 4 nitrogen and oxygen atoms in total. The second-order valence-corrected chi connectivity index (χ2v) is 6.22. The summed E-state index contributed by atoms with van der Waals surface area (Å²) >= 11 is 0. The SMILES string of the molecule is [C-]#[N+]N1CCc2c(cccc2NC(=O)Cc2ccc(C(F)(F)F)c(F)c2)C1. The Hall–Kier alpha value is -3.08. The molecule has 1 N–H and O–H groups in total. The Balaban J connectivity index is 1.72. The Bertz CT molecular complexity index is 918. The molecule has 1 aliphatic rings. The van der Waals surface area contributed by atoms with Crippen molar-refractivity contribution >= 4 is 11.6 Å². The smallest absolute Gasteiger partial charge is 0.326 e. The average molecular weight is 377 g/mol. The topological polar surface area (TPSA) is 36.7 Å². The molecule has 0 spiro atoms. The fraction of sp³-hybridized carbons (Fsp3) is 0.263. The van der Waals surface area contributed by atoms with E-state index in [2.05, 4.69) is 10.3 Å². The number of alkyl halides is 3. The number of amides is 1. The standard InChI is InChI=1S/C19H15F4N3O/c1-24-26-8-7-14-13(11-26)3-2-4-17(14)25-18(27)10-12-5-6-15(16(20)9-12)19(21,22)23/h2-6,9H,7-8,10-11H2,(H,25,27). The van der Waals surface area contributed by atoms with E-state index in [1.807, 2.05) is 6.07 Å². The second kappa shape index (κ2) is 7.27. The van der Waals surface area contributed by atoms with Gasteiger partial charge in [0, 0.05) is 5.69 Å². The minimum Gasteiger partial charge on any atom is -0.326 e. The molecule has 1 aliphatic heterocycles. The Kier molecular flexibility index (Phi) is 5.04. The van der Waals surface area contributed by atoms with Gasteiger partial charge in [0.05, 0.1) is 18.5 Å². The summed E-state index contributed by atoms with van der Waals surface area (Å²) in [6.07, 6.45) is -4.41. The Morgan fingerprint density at radius 3 is 2.70 bits per heavy atom. The maximum atomic E-state index is 13.6. The van der Waals surface area contributed by atoms with Crippen molar-refractivity contribution in [2.75, 3.05) is 11.9 Å². The predicted molar refractivity (Wildman–Crippen MR) is 90.9 cm³/mol. The number of carbonyl (C=O) groups excluding carboxylic acids is 1. The molecule has 3 rings (SSSR count). The number of rotatable bonds is 3. The average Bonchev–Trinajstić information content (AvgIpc) is 2.60. The van der Waals surface area contributed by atoms with Crippen LogP contribution in [0.3, 0.4) is 0 Å². The third kappa shape index (κ3) is 4.19. The fourth-order valence-corrected chi connectivity index (χ4v) is 3.08. The Morgan fingerprint density at radius 1 is 1.26 bits per heavy atom. The summed E-state index contributed by atoms with van der Waals surface area (Å²) in [7, 11) is 0. The highest BCUT2D eigenvalue weighted by Gasteiger charge is 2.34. The molecule has 1 heterocycles. The van der Waals surface area contributed by atoms with Crippen molar-refractivity contribution in [3.05, 3.63) is 76.0 Å². The van der Waals surface area contributed by atoms with Gasteiger partial charge in [0.1, 0.15) is 12.4 Å². The lowest BCUT2D eigenvalue weighted by molar-refractivity contribution is -0.140. The molecular formula is C19H15F4N3O. The Labute approximate surface area is 153 Å². The van der Waals surface area contributed by atoms with E-state index in [1.54, 1.807) is 17.1 Å². The maximum absolute atomic E-state index is 13.6. The molecule has 8 heteroatoms. The molecular weight excluding hydrogens is 362 g/mol. The van der Waals surface area contributed by atoms with E-state index in [1.165, 1.54) is 0 Å². The zero-order chi connectivity index (χ0) is 19.6. The molecule has 0 aromatic heterocycles. The van der Waals surface area contributed by atoms with Crippen molar-refractivity contribution in [2.45, 2.75) is 25.6 Å². The molecule has 0 fully saturated rings. The summed E-state index contributed by atoms with van der Waals surface area (Å²) in [4.78, 5) is 15.7. The molecule has 0 bridgehead atoms. The molecule has 1 amide bonds. The van der Waals surface area contributed by atoms with Gasteiger partial charge in [-0.05, 0) is 41.3 Å². The van der Waals surface area contributed by atoms with Crippen LogP contribution in [0.1, 0.15) is 22.3 Å². The lowest BCUT2D eigenvalue weighted by atomic mass is 9.98. The summed E-state index contributed by atoms with van der Waals surface area (Å²) < 4.78 is 51.4. The normalized spacial score (nSPS) is 13.7. The number of benzene rings is 2. The van der Waals surface area contributed by atoms with Gasteiger partial charge in [0.25, 0.3) is 0 Å². The third-order valence-corrected chi connectivity index (χ3v) is 4.36. The van der Waals surface area contributed by atoms with E-state index in [-0.39, 0.29) is 12.0 Å². The van der Waals surface area contributed by atoms with Crippen molar-refractivity contribution in [2.24, 2.45) is 0 Å². The van der Waals surface area contributed by atoms with Crippen LogP contribution in [0.5, 0.6) is 0 Å². The summed E-state index contributed by atoms with van der Waals surface area (Å²) in [6, 6.07) is 7.85. The lowest BCUT2D eigenvalue weighted by Crippen LogP contribution is -2.26. The highest BCUT2D eigenvalue weighted by molar-refractivity contribution is 5.93. The number of hydrogen-bond acceptors (Lipinski definition) is 2. The number of nitrogens with zero attached hydrogens (tertiary/aromatic N) is 2. The van der Waals surface area contributed by atoms with Crippen LogP contribution in [0, 0.1) is 12.4 Å². The van der Waals surface area contributed by atoms with E-state index >= 15 is 0 Å². The van der Waals surface area contributed by atoms with Gasteiger partial charge in [-0.25, -0.2) is 4.39 Å². The zero-order valence-corrected chi connectivity index (χ0v) is 14.1. The molecule has 2 aromatic carbocycles. The number of fused-ring (bicyclic) bond motifs is 1. The van der Waals surface area contributed by atoms with Crippen molar-refractivity contribution < 1.29 is 22.4 Å². The summed E-state index contributed by atoms with van der Waals surface area (Å²) in [6.45, 7) is 8.10.